The van der Waals surface area contributed by atoms with Gasteiger partial charge in [0.2, 0.25) is 5.95 Å². The summed E-state index contributed by atoms with van der Waals surface area (Å²) in [6.45, 7) is 3.39. The van der Waals surface area contributed by atoms with Crippen molar-refractivity contribution in [2.75, 3.05) is 41.8 Å². The Balaban J connectivity index is 1.18. The summed E-state index contributed by atoms with van der Waals surface area (Å²) in [6, 6.07) is 10.8. The van der Waals surface area contributed by atoms with Gasteiger partial charge in [-0.25, -0.2) is 9.67 Å². The average molecular weight is 492 g/mol. The minimum atomic E-state index is -0.176. The summed E-state index contributed by atoms with van der Waals surface area (Å²) < 4.78 is 8.35. The Bertz CT molecular complexity index is 1270. The number of anilines is 4. The third-order valence-corrected chi connectivity index (χ3v) is 7.58. The van der Waals surface area contributed by atoms with Gasteiger partial charge in [-0.2, -0.15) is 10.1 Å². The minimum absolute atomic E-state index is 0.176. The number of morpholine rings is 1. The summed E-state index contributed by atoms with van der Waals surface area (Å²) in [5, 5.41) is 23.3. The van der Waals surface area contributed by atoms with E-state index in [0.717, 1.165) is 79.4 Å². The van der Waals surface area contributed by atoms with Gasteiger partial charge in [0.1, 0.15) is 5.82 Å². The molecule has 0 radical (unpaired) electrons. The van der Waals surface area contributed by atoms with E-state index in [2.05, 4.69) is 44.9 Å². The van der Waals surface area contributed by atoms with Crippen molar-refractivity contribution in [2.24, 2.45) is 0 Å². The van der Waals surface area contributed by atoms with Crippen molar-refractivity contribution in [2.45, 2.75) is 37.8 Å². The summed E-state index contributed by atoms with van der Waals surface area (Å²) in [5.74, 6) is 1.39. The third kappa shape index (κ3) is 4.95. The highest BCUT2D eigenvalue weighted by Gasteiger charge is 2.21. The van der Waals surface area contributed by atoms with Crippen molar-refractivity contribution in [1.82, 2.24) is 19.7 Å². The molecule has 2 fully saturated rings. The highest BCUT2D eigenvalue weighted by molar-refractivity contribution is 7.17. The molecule has 6 rings (SSSR count). The maximum Gasteiger partial charge on any atom is 0.229 e. The summed E-state index contributed by atoms with van der Waals surface area (Å²) in [5.41, 5.74) is 3.93. The van der Waals surface area contributed by atoms with Gasteiger partial charge >= 0.3 is 0 Å². The van der Waals surface area contributed by atoms with E-state index in [4.69, 9.17) is 14.7 Å². The lowest BCUT2D eigenvalue weighted by Gasteiger charge is -2.28. The van der Waals surface area contributed by atoms with Gasteiger partial charge in [0.15, 0.2) is 0 Å². The van der Waals surface area contributed by atoms with Gasteiger partial charge in [-0.3, -0.25) is 0 Å². The van der Waals surface area contributed by atoms with Crippen molar-refractivity contribution in [1.29, 1.82) is 0 Å². The van der Waals surface area contributed by atoms with Gasteiger partial charge in [-0.1, -0.05) is 0 Å². The maximum atomic E-state index is 9.82. The van der Waals surface area contributed by atoms with E-state index in [1.54, 1.807) is 17.5 Å². The molecule has 4 aromatic rings. The standard InChI is InChI=1S/C25H29N7O2S/c33-21-7-1-17(2-8-21)27-24-23-22(9-14-35-23)29-25(30-24)28-18-15-26-32(16-18)20-5-3-19(4-6-20)31-10-12-34-13-11-31/h3-6,9,14-17,21,33H,1-2,7-8,10-13H2,(H2,27,28,29,30). The molecule has 0 atom stereocenters. The molecular weight excluding hydrogens is 462 g/mol. The predicted molar refractivity (Wildman–Crippen MR) is 139 cm³/mol. The first-order valence-electron chi connectivity index (χ1n) is 12.2. The lowest BCUT2D eigenvalue weighted by atomic mass is 9.93. The van der Waals surface area contributed by atoms with Crippen LogP contribution < -0.4 is 15.5 Å². The van der Waals surface area contributed by atoms with E-state index in [0.29, 0.717) is 12.0 Å². The van der Waals surface area contributed by atoms with Gasteiger partial charge in [-0.15, -0.1) is 11.3 Å². The zero-order chi connectivity index (χ0) is 23.6. The normalized spacial score (nSPS) is 20.8. The van der Waals surface area contributed by atoms with Crippen LogP contribution in [0.3, 0.4) is 0 Å². The molecule has 3 N–H and O–H groups in total. The highest BCUT2D eigenvalue weighted by Crippen LogP contribution is 2.31. The van der Waals surface area contributed by atoms with Crippen molar-refractivity contribution < 1.29 is 9.84 Å². The van der Waals surface area contributed by atoms with Crippen molar-refractivity contribution in [3.05, 3.63) is 48.1 Å². The summed E-state index contributed by atoms with van der Waals surface area (Å²) in [7, 11) is 0. The Morgan fingerprint density at radius 3 is 2.54 bits per heavy atom. The number of rotatable bonds is 6. The molecule has 0 unspecified atom stereocenters. The molecule has 182 valence electrons. The number of hydrogen-bond acceptors (Lipinski definition) is 9. The lowest BCUT2D eigenvalue weighted by molar-refractivity contribution is 0.122. The second kappa shape index (κ2) is 9.80. The van der Waals surface area contributed by atoms with E-state index in [1.807, 2.05) is 22.3 Å². The fraction of sp³-hybridized carbons (Fsp3) is 0.400. The zero-order valence-corrected chi connectivity index (χ0v) is 20.2. The molecule has 35 heavy (non-hydrogen) atoms. The Morgan fingerprint density at radius 1 is 0.971 bits per heavy atom. The minimum Gasteiger partial charge on any atom is -0.393 e. The topological polar surface area (TPSA) is 100 Å². The first kappa shape index (κ1) is 22.3. The SMILES string of the molecule is OC1CCC(Nc2nc(Nc3cnn(-c4ccc(N5CCOCC5)cc4)c3)nc3ccsc23)CC1. The van der Waals surface area contributed by atoms with Gasteiger partial charge in [0, 0.05) is 24.8 Å². The van der Waals surface area contributed by atoms with E-state index in [1.165, 1.54) is 5.69 Å². The van der Waals surface area contributed by atoms with E-state index in [9.17, 15) is 5.11 Å². The first-order chi connectivity index (χ1) is 17.2. The monoisotopic (exact) mass is 491 g/mol. The number of nitrogens with zero attached hydrogens (tertiary/aromatic N) is 5. The zero-order valence-electron chi connectivity index (χ0n) is 19.4. The summed E-state index contributed by atoms with van der Waals surface area (Å²) >= 11 is 1.64. The largest absolute Gasteiger partial charge is 0.393 e. The van der Waals surface area contributed by atoms with E-state index < -0.39 is 0 Å². The Labute approximate surface area is 207 Å². The van der Waals surface area contributed by atoms with Crippen LogP contribution in [0.15, 0.2) is 48.1 Å². The first-order valence-corrected chi connectivity index (χ1v) is 13.0. The number of nitrogens with one attached hydrogen (secondary N) is 2. The molecule has 1 aromatic carbocycles. The van der Waals surface area contributed by atoms with Crippen molar-refractivity contribution in [3.8, 4) is 5.69 Å². The maximum absolute atomic E-state index is 9.82. The van der Waals surface area contributed by atoms with Gasteiger partial charge < -0.3 is 25.4 Å². The summed E-state index contributed by atoms with van der Waals surface area (Å²) in [4.78, 5) is 11.8. The Hall–Kier alpha value is -3.21. The number of thiophene rings is 1. The molecule has 1 saturated heterocycles. The summed E-state index contributed by atoms with van der Waals surface area (Å²) in [6.07, 6.45) is 7.09. The molecule has 4 heterocycles. The molecule has 3 aromatic heterocycles. The second-order valence-electron chi connectivity index (χ2n) is 9.09. The van der Waals surface area contributed by atoms with E-state index >= 15 is 0 Å². The van der Waals surface area contributed by atoms with Crippen LogP contribution in [0.5, 0.6) is 0 Å². The number of fused-ring (bicyclic) bond motifs is 1. The number of aliphatic hydroxyl groups is 1. The Kier molecular flexibility index (Phi) is 6.24. The molecule has 1 aliphatic carbocycles. The molecule has 2 aliphatic rings. The molecule has 9 nitrogen and oxygen atoms in total. The van der Waals surface area contributed by atoms with Crippen LogP contribution in [0.4, 0.5) is 23.1 Å². The smallest absolute Gasteiger partial charge is 0.229 e. The van der Waals surface area contributed by atoms with Crippen LogP contribution in [0.1, 0.15) is 25.7 Å². The second-order valence-corrected chi connectivity index (χ2v) is 10.0. The lowest BCUT2D eigenvalue weighted by Crippen LogP contribution is -2.36. The van der Waals surface area contributed by atoms with Gasteiger partial charge in [0.05, 0.1) is 53.3 Å². The molecule has 0 amide bonds. The van der Waals surface area contributed by atoms with Crippen LogP contribution in [0, 0.1) is 0 Å². The number of benzene rings is 1. The molecule has 10 heteroatoms. The molecule has 0 spiro atoms. The molecule has 0 bridgehead atoms. The van der Waals surface area contributed by atoms with Crippen LogP contribution in [0.25, 0.3) is 15.9 Å². The van der Waals surface area contributed by atoms with Crippen LogP contribution in [0.2, 0.25) is 0 Å². The van der Waals surface area contributed by atoms with Crippen LogP contribution >= 0.6 is 11.3 Å². The third-order valence-electron chi connectivity index (χ3n) is 6.67. The number of ether oxygens (including phenoxy) is 1. The van der Waals surface area contributed by atoms with Gasteiger partial charge in [0.25, 0.3) is 0 Å². The number of hydrogen-bond donors (Lipinski definition) is 3. The Morgan fingerprint density at radius 2 is 1.74 bits per heavy atom. The quantitative estimate of drug-likeness (QED) is 0.370. The predicted octanol–water partition coefficient (Wildman–Crippen LogP) is 4.17. The fourth-order valence-corrected chi connectivity index (χ4v) is 5.51. The van der Waals surface area contributed by atoms with Crippen molar-refractivity contribution in [3.63, 3.8) is 0 Å². The molecule has 1 saturated carbocycles. The highest BCUT2D eigenvalue weighted by atomic mass is 32.1. The number of aromatic nitrogens is 4. The van der Waals surface area contributed by atoms with Crippen molar-refractivity contribution >= 4 is 44.7 Å². The molecular formula is C25H29N7O2S. The fourth-order valence-electron chi connectivity index (χ4n) is 4.73. The van der Waals surface area contributed by atoms with E-state index in [-0.39, 0.29) is 6.10 Å². The number of aliphatic hydroxyl groups excluding tert-OH is 1. The molecule has 1 aliphatic heterocycles. The van der Waals surface area contributed by atoms with Crippen LogP contribution in [-0.2, 0) is 4.74 Å². The van der Waals surface area contributed by atoms with Gasteiger partial charge in [-0.05, 0) is 61.4 Å². The van der Waals surface area contributed by atoms with Crippen LogP contribution in [-0.4, -0.2) is 63.3 Å². The average Bonchev–Trinajstić information content (AvgIpc) is 3.56.